The first kappa shape index (κ1) is 33.1. The minimum atomic E-state index is 0.231. The quantitative estimate of drug-likeness (QED) is 0.166. The molecule has 3 aromatic carbocycles. The Hall–Kier alpha value is -2.82. The molecule has 3 aromatic rings. The number of rotatable bonds is 10. The van der Waals surface area contributed by atoms with Gasteiger partial charge in [0.25, 0.3) is 0 Å². The molecule has 4 nitrogen and oxygen atoms in total. The molecule has 0 spiro atoms. The lowest BCUT2D eigenvalue weighted by molar-refractivity contribution is 0.0942. The van der Waals surface area contributed by atoms with E-state index in [1.54, 1.807) is 0 Å². The van der Waals surface area contributed by atoms with Crippen LogP contribution >= 0.6 is 0 Å². The molecule has 2 saturated heterocycles. The third-order valence-electron chi connectivity index (χ3n) is 11.6. The van der Waals surface area contributed by atoms with Crippen molar-refractivity contribution in [1.82, 2.24) is 9.80 Å². The van der Waals surface area contributed by atoms with Crippen LogP contribution in [-0.2, 0) is 0 Å². The lowest BCUT2D eigenvalue weighted by Gasteiger charge is -2.38. The Morgan fingerprint density at radius 3 is 1.72 bits per heavy atom. The van der Waals surface area contributed by atoms with Crippen LogP contribution in [0.5, 0.6) is 0 Å². The van der Waals surface area contributed by atoms with Crippen molar-refractivity contribution < 1.29 is 9.59 Å². The van der Waals surface area contributed by atoms with Crippen LogP contribution in [0.2, 0.25) is 0 Å². The fourth-order valence-electron chi connectivity index (χ4n) is 8.52. The van der Waals surface area contributed by atoms with Gasteiger partial charge in [-0.1, -0.05) is 84.0 Å². The topological polar surface area (TPSA) is 40.6 Å². The number of likely N-dealkylation sites (tertiary alicyclic amines) is 2. The maximum Gasteiger partial charge on any atom is 0.163 e. The summed E-state index contributed by atoms with van der Waals surface area (Å²) in [6, 6.07) is 16.7. The highest BCUT2D eigenvalue weighted by Gasteiger charge is 2.30. The van der Waals surface area contributed by atoms with Crippen LogP contribution in [0.4, 0.5) is 0 Å². The van der Waals surface area contributed by atoms with E-state index < -0.39 is 0 Å². The van der Waals surface area contributed by atoms with Gasteiger partial charge in [0.1, 0.15) is 0 Å². The third-order valence-corrected chi connectivity index (χ3v) is 11.6. The summed E-state index contributed by atoms with van der Waals surface area (Å²) < 4.78 is 0. The van der Waals surface area contributed by atoms with Crippen LogP contribution in [0.3, 0.4) is 0 Å². The Kier molecular flexibility index (Phi) is 9.61. The highest BCUT2D eigenvalue weighted by atomic mass is 16.1. The van der Waals surface area contributed by atoms with Crippen molar-refractivity contribution in [2.24, 2.45) is 22.7 Å². The maximum absolute atomic E-state index is 13.6. The van der Waals surface area contributed by atoms with Gasteiger partial charge in [-0.05, 0) is 140 Å². The fourth-order valence-corrected chi connectivity index (χ4v) is 8.52. The Balaban J connectivity index is 1.07. The molecule has 6 rings (SSSR count). The fraction of sp³-hybridized carbons (Fsp3) is 0.571. The molecule has 0 aromatic heterocycles. The van der Waals surface area contributed by atoms with Crippen molar-refractivity contribution in [1.29, 1.82) is 0 Å². The summed E-state index contributed by atoms with van der Waals surface area (Å²) in [5, 5.41) is 2.21. The largest absolute Gasteiger partial charge is 0.303 e. The molecule has 0 N–H and O–H groups in total. The smallest absolute Gasteiger partial charge is 0.163 e. The van der Waals surface area contributed by atoms with Crippen molar-refractivity contribution in [3.63, 3.8) is 0 Å². The lowest BCUT2D eigenvalue weighted by Crippen LogP contribution is -2.38. The van der Waals surface area contributed by atoms with Gasteiger partial charge >= 0.3 is 0 Å². The first-order chi connectivity index (χ1) is 21.9. The van der Waals surface area contributed by atoms with Gasteiger partial charge in [0.2, 0.25) is 0 Å². The van der Waals surface area contributed by atoms with Crippen LogP contribution in [0.1, 0.15) is 114 Å². The summed E-state index contributed by atoms with van der Waals surface area (Å²) in [7, 11) is 0. The zero-order valence-electron chi connectivity index (χ0n) is 29.4. The van der Waals surface area contributed by atoms with Crippen molar-refractivity contribution in [2.45, 2.75) is 92.9 Å². The Labute approximate surface area is 277 Å². The van der Waals surface area contributed by atoms with E-state index >= 15 is 0 Å². The molecule has 0 radical (unpaired) electrons. The number of piperidine rings is 2. The van der Waals surface area contributed by atoms with E-state index in [1.165, 1.54) is 36.8 Å². The average Bonchev–Trinajstić information content (AvgIpc) is 3.35. The molecule has 0 bridgehead atoms. The molecule has 0 saturated carbocycles. The molecule has 4 heteroatoms. The van der Waals surface area contributed by atoms with Crippen LogP contribution < -0.4 is 0 Å². The number of ketones is 2. The van der Waals surface area contributed by atoms with Gasteiger partial charge < -0.3 is 9.80 Å². The second-order valence-electron chi connectivity index (χ2n) is 16.7. The normalized spacial score (nSPS) is 18.3. The number of carbonyl (C=O) groups is 2. The molecule has 1 aliphatic carbocycles. The summed E-state index contributed by atoms with van der Waals surface area (Å²) >= 11 is 0. The highest BCUT2D eigenvalue weighted by Crippen LogP contribution is 2.48. The van der Waals surface area contributed by atoms with E-state index in [9.17, 15) is 9.59 Å². The van der Waals surface area contributed by atoms with Crippen LogP contribution in [0.25, 0.3) is 33.0 Å². The molecule has 0 atom stereocenters. The zero-order chi connectivity index (χ0) is 32.6. The maximum atomic E-state index is 13.6. The van der Waals surface area contributed by atoms with E-state index in [1.807, 2.05) is 12.1 Å². The van der Waals surface area contributed by atoms with E-state index in [0.29, 0.717) is 23.7 Å². The van der Waals surface area contributed by atoms with Crippen LogP contribution in [-0.4, -0.2) is 60.6 Å². The molecular formula is C42H56N2O2. The molecule has 0 amide bonds. The van der Waals surface area contributed by atoms with Gasteiger partial charge in [-0.3, -0.25) is 9.59 Å². The predicted molar refractivity (Wildman–Crippen MR) is 193 cm³/mol. The lowest BCUT2D eigenvalue weighted by atomic mass is 9.75. The number of hydrogen-bond donors (Lipinski definition) is 0. The number of benzene rings is 3. The Morgan fingerprint density at radius 1 is 0.630 bits per heavy atom. The highest BCUT2D eigenvalue weighted by molar-refractivity contribution is 6.21. The number of fused-ring (bicyclic) bond motifs is 3. The van der Waals surface area contributed by atoms with Crippen molar-refractivity contribution in [3.05, 3.63) is 59.7 Å². The van der Waals surface area contributed by atoms with Gasteiger partial charge in [0.15, 0.2) is 11.6 Å². The Morgan fingerprint density at radius 2 is 1.15 bits per heavy atom. The second kappa shape index (κ2) is 13.4. The van der Waals surface area contributed by atoms with Crippen molar-refractivity contribution in [2.75, 3.05) is 39.3 Å². The molecule has 2 heterocycles. The summed E-state index contributed by atoms with van der Waals surface area (Å²) in [6.45, 7) is 20.8. The minimum Gasteiger partial charge on any atom is -0.303 e. The number of carbonyl (C=O) groups excluding carboxylic acids is 2. The Bertz CT molecular complexity index is 1570. The molecule has 46 heavy (non-hydrogen) atoms. The molecule has 246 valence electrons. The van der Waals surface area contributed by atoms with Gasteiger partial charge in [0, 0.05) is 24.0 Å². The average molecular weight is 621 g/mol. The van der Waals surface area contributed by atoms with Gasteiger partial charge in [0.05, 0.1) is 0 Å². The van der Waals surface area contributed by atoms with Crippen molar-refractivity contribution >= 4 is 22.3 Å². The molecule has 2 aliphatic heterocycles. The van der Waals surface area contributed by atoms with E-state index in [4.69, 9.17) is 0 Å². The summed E-state index contributed by atoms with van der Waals surface area (Å²) in [5.41, 5.74) is 7.03. The van der Waals surface area contributed by atoms with Gasteiger partial charge in [-0.25, -0.2) is 0 Å². The standard InChI is InChI=1S/C42H56N2O2/c1-41(2,3)30-18-24-43(25-19-30)22-8-12-38(45)29-14-15-32-34-10-7-11-35-33(16-17-36(40(34)35)37(32)28-29)39(46)13-9-23-44-26-20-31(21-27-44)42(4,5)6/h7,10-11,14-17,28,30-31H,8-9,12-13,18-27H2,1-6H3. The van der Waals surface area contributed by atoms with Gasteiger partial charge in [-0.2, -0.15) is 0 Å². The summed E-state index contributed by atoms with van der Waals surface area (Å²) in [6.07, 6.45) is 8.03. The first-order valence-electron chi connectivity index (χ1n) is 18.1. The number of Topliss-reactive ketones (excluding diaryl/α,β-unsaturated/α-hetero) is 2. The third kappa shape index (κ3) is 7.04. The van der Waals surface area contributed by atoms with Crippen LogP contribution in [0.15, 0.2) is 48.5 Å². The molecule has 3 aliphatic rings. The zero-order valence-corrected chi connectivity index (χ0v) is 29.4. The SMILES string of the molecule is CC(C)(C)C1CCN(CCCC(=O)c2ccc3c(c2)-c2ccc(C(=O)CCCN4CCC(C(C)(C)C)CC4)c4cccc-3c24)CC1. The van der Waals surface area contributed by atoms with E-state index in [-0.39, 0.29) is 11.6 Å². The predicted octanol–water partition coefficient (Wildman–Crippen LogP) is 9.93. The number of hydrogen-bond acceptors (Lipinski definition) is 4. The summed E-state index contributed by atoms with van der Waals surface area (Å²) in [4.78, 5) is 32.0. The van der Waals surface area contributed by atoms with E-state index in [0.717, 1.165) is 97.0 Å². The van der Waals surface area contributed by atoms with Gasteiger partial charge in [-0.15, -0.1) is 0 Å². The first-order valence-corrected chi connectivity index (χ1v) is 18.1. The molecule has 0 unspecified atom stereocenters. The number of nitrogens with zero attached hydrogens (tertiary/aromatic N) is 2. The molecule has 2 fully saturated rings. The summed E-state index contributed by atoms with van der Waals surface area (Å²) in [5.74, 6) is 2.06. The molecular weight excluding hydrogens is 564 g/mol. The van der Waals surface area contributed by atoms with Crippen LogP contribution in [0, 0.1) is 22.7 Å². The second-order valence-corrected chi connectivity index (χ2v) is 16.7. The van der Waals surface area contributed by atoms with Crippen molar-refractivity contribution in [3.8, 4) is 22.3 Å². The van der Waals surface area contributed by atoms with E-state index in [2.05, 4.69) is 87.7 Å². The minimum absolute atomic E-state index is 0.231. The monoisotopic (exact) mass is 620 g/mol.